The lowest BCUT2D eigenvalue weighted by molar-refractivity contribution is 0.0795. The van der Waals surface area contributed by atoms with E-state index in [1.807, 2.05) is 0 Å². The van der Waals surface area contributed by atoms with Crippen LogP contribution in [0.4, 0.5) is 4.79 Å². The summed E-state index contributed by atoms with van der Waals surface area (Å²) in [5, 5.41) is 12.9. The summed E-state index contributed by atoms with van der Waals surface area (Å²) < 4.78 is 0. The molecule has 3 fully saturated rings. The Morgan fingerprint density at radius 2 is 1.64 bits per heavy atom. The third-order valence-corrected chi connectivity index (χ3v) is 5.63. The van der Waals surface area contributed by atoms with Crippen LogP contribution in [0.1, 0.15) is 57.8 Å². The first-order valence-electron chi connectivity index (χ1n) is 9.20. The molecule has 0 aromatic rings. The smallest absolute Gasteiger partial charge is 0.317 e. The largest absolute Gasteiger partial charge is 0.391 e. The summed E-state index contributed by atoms with van der Waals surface area (Å²) in [6.45, 7) is 3.52. The average Bonchev–Trinajstić information content (AvgIpc) is 2.56. The highest BCUT2D eigenvalue weighted by Gasteiger charge is 2.28. The zero-order chi connectivity index (χ0) is 15.4. The number of carbonyl (C=O) groups excluding carboxylic acids is 1. The molecule has 5 heteroatoms. The maximum atomic E-state index is 12.3. The number of hydrogen-bond donors (Lipinski definition) is 2. The zero-order valence-electron chi connectivity index (χ0n) is 13.7. The van der Waals surface area contributed by atoms with Gasteiger partial charge in [0.05, 0.1) is 6.10 Å². The van der Waals surface area contributed by atoms with E-state index in [4.69, 9.17) is 0 Å². The minimum atomic E-state index is -0.340. The van der Waals surface area contributed by atoms with E-state index in [9.17, 15) is 9.90 Å². The van der Waals surface area contributed by atoms with Crippen LogP contribution in [0.3, 0.4) is 0 Å². The molecular weight excluding hydrogens is 278 g/mol. The maximum Gasteiger partial charge on any atom is 0.317 e. The molecule has 126 valence electrons. The predicted octanol–water partition coefficient (Wildman–Crippen LogP) is 1.95. The van der Waals surface area contributed by atoms with Crippen molar-refractivity contribution in [3.63, 3.8) is 0 Å². The lowest BCUT2D eigenvalue weighted by Gasteiger charge is -2.40. The summed E-state index contributed by atoms with van der Waals surface area (Å²) in [7, 11) is 0. The van der Waals surface area contributed by atoms with E-state index in [0.29, 0.717) is 12.6 Å². The van der Waals surface area contributed by atoms with Gasteiger partial charge in [0.15, 0.2) is 0 Å². The fourth-order valence-electron chi connectivity index (χ4n) is 4.26. The molecule has 0 aromatic heterocycles. The number of aliphatic hydroxyl groups is 1. The molecular formula is C17H31N3O2. The molecule has 1 atom stereocenters. The van der Waals surface area contributed by atoms with Gasteiger partial charge in [-0.1, -0.05) is 19.3 Å². The normalized spacial score (nSPS) is 29.5. The Hall–Kier alpha value is -0.810. The molecule has 3 rings (SSSR count). The van der Waals surface area contributed by atoms with E-state index in [1.54, 1.807) is 4.90 Å². The van der Waals surface area contributed by atoms with Crippen molar-refractivity contribution in [2.24, 2.45) is 0 Å². The summed E-state index contributed by atoms with van der Waals surface area (Å²) in [6.07, 6.45) is 10.4. The van der Waals surface area contributed by atoms with Gasteiger partial charge in [-0.2, -0.15) is 0 Å². The molecule has 2 saturated heterocycles. The second-order valence-corrected chi connectivity index (χ2v) is 7.29. The quantitative estimate of drug-likeness (QED) is 0.820. The van der Waals surface area contributed by atoms with E-state index in [2.05, 4.69) is 10.2 Å². The Morgan fingerprint density at radius 3 is 2.32 bits per heavy atom. The van der Waals surface area contributed by atoms with Gasteiger partial charge in [-0.3, -0.25) is 0 Å². The van der Waals surface area contributed by atoms with Crippen LogP contribution < -0.4 is 5.32 Å². The number of nitrogens with one attached hydrogen (secondary N) is 1. The number of carbonyl (C=O) groups is 1. The van der Waals surface area contributed by atoms with Crippen molar-refractivity contribution in [3.8, 4) is 0 Å². The van der Waals surface area contributed by atoms with E-state index in [1.165, 1.54) is 32.1 Å². The van der Waals surface area contributed by atoms with Crippen LogP contribution in [0.2, 0.25) is 0 Å². The molecule has 2 heterocycles. The van der Waals surface area contributed by atoms with E-state index >= 15 is 0 Å². The van der Waals surface area contributed by atoms with Crippen molar-refractivity contribution in [1.29, 1.82) is 0 Å². The molecule has 2 aliphatic heterocycles. The zero-order valence-corrected chi connectivity index (χ0v) is 13.7. The number of hydrogen-bond acceptors (Lipinski definition) is 3. The highest BCUT2D eigenvalue weighted by atomic mass is 16.3. The van der Waals surface area contributed by atoms with Crippen LogP contribution in [-0.2, 0) is 0 Å². The molecule has 22 heavy (non-hydrogen) atoms. The van der Waals surface area contributed by atoms with Crippen LogP contribution >= 0.6 is 0 Å². The summed E-state index contributed by atoms with van der Waals surface area (Å²) in [5.74, 6) is 0. The van der Waals surface area contributed by atoms with Crippen molar-refractivity contribution in [3.05, 3.63) is 0 Å². The topological polar surface area (TPSA) is 55.8 Å². The van der Waals surface area contributed by atoms with Crippen molar-refractivity contribution in [2.45, 2.75) is 76.0 Å². The Morgan fingerprint density at radius 1 is 0.909 bits per heavy atom. The molecule has 3 aliphatic rings. The van der Waals surface area contributed by atoms with Gasteiger partial charge in [-0.25, -0.2) is 4.79 Å². The van der Waals surface area contributed by atoms with Gasteiger partial charge in [0, 0.05) is 38.3 Å². The Balaban J connectivity index is 1.40. The van der Waals surface area contributed by atoms with Crippen LogP contribution in [0.5, 0.6) is 0 Å². The highest BCUT2D eigenvalue weighted by molar-refractivity contribution is 5.74. The van der Waals surface area contributed by atoms with Gasteiger partial charge < -0.3 is 20.2 Å². The number of nitrogens with zero attached hydrogens (tertiary/aromatic N) is 2. The van der Waals surface area contributed by atoms with Gasteiger partial charge in [-0.15, -0.1) is 0 Å². The van der Waals surface area contributed by atoms with Gasteiger partial charge in [0.2, 0.25) is 0 Å². The average molecular weight is 309 g/mol. The van der Waals surface area contributed by atoms with Crippen LogP contribution in [0.15, 0.2) is 0 Å². The fourth-order valence-corrected chi connectivity index (χ4v) is 4.26. The third-order valence-electron chi connectivity index (χ3n) is 5.63. The predicted molar refractivity (Wildman–Crippen MR) is 86.8 cm³/mol. The van der Waals surface area contributed by atoms with Crippen LogP contribution in [0.25, 0.3) is 0 Å². The van der Waals surface area contributed by atoms with Gasteiger partial charge in [0.25, 0.3) is 0 Å². The number of β-amino-alcohol motifs (C(OH)–C–C–N with tert-alkyl or cyclic N) is 1. The van der Waals surface area contributed by atoms with Crippen molar-refractivity contribution in [1.82, 2.24) is 15.1 Å². The first-order chi connectivity index (χ1) is 10.7. The third kappa shape index (κ3) is 4.13. The van der Waals surface area contributed by atoms with E-state index in [0.717, 1.165) is 51.4 Å². The number of aliphatic hydroxyl groups excluding tert-OH is 1. The van der Waals surface area contributed by atoms with Gasteiger partial charge in [0.1, 0.15) is 0 Å². The molecule has 1 saturated carbocycles. The van der Waals surface area contributed by atoms with Crippen molar-refractivity contribution < 1.29 is 9.90 Å². The number of rotatable bonds is 2. The van der Waals surface area contributed by atoms with Crippen LogP contribution in [-0.4, -0.2) is 65.3 Å². The molecule has 0 bridgehead atoms. The summed E-state index contributed by atoms with van der Waals surface area (Å²) in [4.78, 5) is 16.7. The lowest BCUT2D eigenvalue weighted by Crippen LogP contribution is -2.53. The second kappa shape index (κ2) is 7.64. The summed E-state index contributed by atoms with van der Waals surface area (Å²) in [5.41, 5.74) is 0. The number of urea groups is 1. The molecule has 2 amide bonds. The summed E-state index contributed by atoms with van der Waals surface area (Å²) >= 11 is 0. The molecule has 0 spiro atoms. The van der Waals surface area contributed by atoms with Crippen LogP contribution in [0, 0.1) is 0 Å². The molecule has 2 N–H and O–H groups in total. The minimum Gasteiger partial charge on any atom is -0.391 e. The SMILES string of the molecule is O=C(NC1CCN(C2CCCCC2)CC1)N1CCCC(O)C1. The minimum absolute atomic E-state index is 0.0230. The number of amides is 2. The Kier molecular flexibility index (Phi) is 5.58. The number of piperidine rings is 2. The fraction of sp³-hybridized carbons (Fsp3) is 0.941. The lowest BCUT2D eigenvalue weighted by atomic mass is 9.92. The first-order valence-corrected chi connectivity index (χ1v) is 9.20. The second-order valence-electron chi connectivity index (χ2n) is 7.29. The molecule has 5 nitrogen and oxygen atoms in total. The Labute approximate surface area is 134 Å². The van der Waals surface area contributed by atoms with Crippen molar-refractivity contribution >= 4 is 6.03 Å². The first kappa shape index (κ1) is 16.1. The van der Waals surface area contributed by atoms with Crippen molar-refractivity contribution in [2.75, 3.05) is 26.2 Å². The molecule has 1 aliphatic carbocycles. The molecule has 1 unspecified atom stereocenters. The maximum absolute atomic E-state index is 12.3. The standard InChI is InChI=1S/C17H31N3O2/c21-16-7-4-10-20(13-16)17(22)18-14-8-11-19(12-9-14)15-5-2-1-3-6-15/h14-16,21H,1-13H2,(H,18,22). The summed E-state index contributed by atoms with van der Waals surface area (Å²) in [6, 6.07) is 1.13. The molecule has 0 aromatic carbocycles. The highest BCUT2D eigenvalue weighted by Crippen LogP contribution is 2.25. The van der Waals surface area contributed by atoms with Gasteiger partial charge in [-0.05, 0) is 38.5 Å². The molecule has 0 radical (unpaired) electrons. The van der Waals surface area contributed by atoms with E-state index in [-0.39, 0.29) is 12.1 Å². The Bertz CT molecular complexity index is 363. The van der Waals surface area contributed by atoms with Gasteiger partial charge >= 0.3 is 6.03 Å². The number of likely N-dealkylation sites (tertiary alicyclic amines) is 2. The monoisotopic (exact) mass is 309 g/mol. The van der Waals surface area contributed by atoms with E-state index < -0.39 is 0 Å².